The topological polar surface area (TPSA) is 56.7 Å². The zero-order valence-corrected chi connectivity index (χ0v) is 16.2. The van der Waals surface area contributed by atoms with Gasteiger partial charge in [-0.1, -0.05) is 31.4 Å². The van der Waals surface area contributed by atoms with Crippen molar-refractivity contribution in [1.82, 2.24) is 15.5 Å². The maximum atomic E-state index is 11.8. The molecular weight excluding hydrogens is 324 g/mol. The highest BCUT2D eigenvalue weighted by atomic mass is 16.1. The summed E-state index contributed by atoms with van der Waals surface area (Å²) in [5.41, 5.74) is 2.40. The normalized spacial score (nSPS) is 19.6. The third kappa shape index (κ3) is 4.37. The second-order valence-corrected chi connectivity index (χ2v) is 7.69. The van der Waals surface area contributed by atoms with Gasteiger partial charge in [0, 0.05) is 38.8 Å². The van der Waals surface area contributed by atoms with Crippen molar-refractivity contribution in [2.24, 2.45) is 10.4 Å². The van der Waals surface area contributed by atoms with Gasteiger partial charge in [-0.3, -0.25) is 9.79 Å². The van der Waals surface area contributed by atoms with Crippen molar-refractivity contribution in [1.29, 1.82) is 0 Å². The Morgan fingerprint density at radius 2 is 1.85 bits per heavy atom. The van der Waals surface area contributed by atoms with Crippen molar-refractivity contribution in [2.45, 2.75) is 52.0 Å². The first-order chi connectivity index (χ1) is 12.7. The third-order valence-corrected chi connectivity index (χ3v) is 5.87. The Bertz CT molecular complexity index is 632. The van der Waals surface area contributed by atoms with Crippen LogP contribution in [0.5, 0.6) is 0 Å². The fraction of sp³-hybridized carbons (Fsp3) is 0.619. The van der Waals surface area contributed by atoms with Crippen molar-refractivity contribution in [2.75, 3.05) is 26.7 Å². The second kappa shape index (κ2) is 8.56. The maximum absolute atomic E-state index is 11.8. The molecule has 2 N–H and O–H groups in total. The Labute approximate surface area is 157 Å². The largest absolute Gasteiger partial charge is 0.352 e. The summed E-state index contributed by atoms with van der Waals surface area (Å²) in [5, 5.41) is 6.32. The summed E-state index contributed by atoms with van der Waals surface area (Å²) in [6.45, 7) is 5.55. The minimum atomic E-state index is -0.0161. The minimum absolute atomic E-state index is 0.0161. The Morgan fingerprint density at radius 3 is 2.50 bits per heavy atom. The summed E-state index contributed by atoms with van der Waals surface area (Å²) in [6, 6.07) is 7.80. The van der Waals surface area contributed by atoms with Gasteiger partial charge in [-0.25, -0.2) is 0 Å². The molecule has 1 spiro atoms. The molecule has 1 amide bonds. The number of benzene rings is 1. The van der Waals surface area contributed by atoms with Gasteiger partial charge in [0.05, 0.1) is 0 Å². The van der Waals surface area contributed by atoms with Crippen LogP contribution < -0.4 is 10.6 Å². The van der Waals surface area contributed by atoms with E-state index in [9.17, 15) is 4.79 Å². The summed E-state index contributed by atoms with van der Waals surface area (Å²) in [5.74, 6) is 0.984. The quantitative estimate of drug-likeness (QED) is 0.643. The molecule has 142 valence electrons. The van der Waals surface area contributed by atoms with E-state index in [1.165, 1.54) is 38.5 Å². The number of carbonyl (C=O) groups excluding carboxylic acids is 1. The summed E-state index contributed by atoms with van der Waals surface area (Å²) in [4.78, 5) is 18.8. The van der Waals surface area contributed by atoms with Crippen LogP contribution in [0.2, 0.25) is 0 Å². The number of likely N-dealkylation sites (tertiary alicyclic amines) is 1. The number of guanidine groups is 1. The molecule has 2 aliphatic rings. The lowest BCUT2D eigenvalue weighted by molar-refractivity contribution is 0.0956. The van der Waals surface area contributed by atoms with Gasteiger partial charge < -0.3 is 15.5 Å². The zero-order chi connectivity index (χ0) is 18.4. The van der Waals surface area contributed by atoms with Crippen LogP contribution in [0.3, 0.4) is 0 Å². The molecular formula is C21H32N4O. The number of carbonyl (C=O) groups is 1. The lowest BCUT2D eigenvalue weighted by Crippen LogP contribution is -2.41. The standard InChI is InChI=1S/C21H32N4O/c1-3-23-19(26)18-9-7-17(8-10-18)15-24-20(22-2)25-14-13-21(16-25)11-5-4-6-12-21/h7-10H,3-6,11-16H2,1-2H3,(H,22,24)(H,23,26). The summed E-state index contributed by atoms with van der Waals surface area (Å²) in [7, 11) is 1.87. The number of rotatable bonds is 4. The Kier molecular flexibility index (Phi) is 6.17. The molecule has 0 radical (unpaired) electrons. The molecule has 0 bridgehead atoms. The first-order valence-corrected chi connectivity index (χ1v) is 9.98. The molecule has 1 saturated carbocycles. The summed E-state index contributed by atoms with van der Waals surface area (Å²) >= 11 is 0. The van der Waals surface area contributed by atoms with Crippen LogP contribution in [-0.4, -0.2) is 43.4 Å². The monoisotopic (exact) mass is 356 g/mol. The van der Waals surface area contributed by atoms with E-state index in [1.807, 2.05) is 38.2 Å². The number of hydrogen-bond acceptors (Lipinski definition) is 2. The minimum Gasteiger partial charge on any atom is -0.352 e. The average Bonchev–Trinajstić information content (AvgIpc) is 3.06. The number of nitrogens with one attached hydrogen (secondary N) is 2. The van der Waals surface area contributed by atoms with E-state index in [0.29, 0.717) is 17.5 Å². The van der Waals surface area contributed by atoms with Gasteiger partial charge in [0.25, 0.3) is 5.91 Å². The molecule has 0 unspecified atom stereocenters. The highest BCUT2D eigenvalue weighted by Crippen LogP contribution is 2.43. The van der Waals surface area contributed by atoms with Crippen LogP contribution >= 0.6 is 0 Å². The van der Waals surface area contributed by atoms with Crippen molar-refractivity contribution >= 4 is 11.9 Å². The van der Waals surface area contributed by atoms with Gasteiger partial charge >= 0.3 is 0 Å². The molecule has 3 rings (SSSR count). The molecule has 1 heterocycles. The SMILES string of the molecule is CCNC(=O)c1ccc(CNC(=NC)N2CCC3(CCCCC3)C2)cc1. The van der Waals surface area contributed by atoms with Gasteiger partial charge in [0.1, 0.15) is 0 Å². The molecule has 5 heteroatoms. The van der Waals surface area contributed by atoms with Crippen LogP contribution in [0.4, 0.5) is 0 Å². The van der Waals surface area contributed by atoms with E-state index in [2.05, 4.69) is 20.5 Å². The Balaban J connectivity index is 1.54. The van der Waals surface area contributed by atoms with E-state index in [0.717, 1.165) is 31.2 Å². The number of amides is 1. The van der Waals surface area contributed by atoms with E-state index >= 15 is 0 Å². The number of aliphatic imine (C=N–C) groups is 1. The Morgan fingerprint density at radius 1 is 1.12 bits per heavy atom. The van der Waals surface area contributed by atoms with E-state index in [4.69, 9.17) is 0 Å². The van der Waals surface area contributed by atoms with Gasteiger partial charge in [0.15, 0.2) is 5.96 Å². The molecule has 26 heavy (non-hydrogen) atoms. The molecule has 0 aromatic heterocycles. The molecule has 1 aliphatic heterocycles. The van der Waals surface area contributed by atoms with Gasteiger partial charge in [-0.05, 0) is 49.3 Å². The van der Waals surface area contributed by atoms with Crippen molar-refractivity contribution in [3.63, 3.8) is 0 Å². The average molecular weight is 357 g/mol. The molecule has 5 nitrogen and oxygen atoms in total. The van der Waals surface area contributed by atoms with Crippen LogP contribution in [0, 0.1) is 5.41 Å². The lowest BCUT2D eigenvalue weighted by atomic mass is 9.73. The predicted octanol–water partition coefficient (Wildman–Crippen LogP) is 3.17. The van der Waals surface area contributed by atoms with Gasteiger partial charge in [0.2, 0.25) is 0 Å². The highest BCUT2D eigenvalue weighted by molar-refractivity contribution is 5.94. The van der Waals surface area contributed by atoms with Crippen LogP contribution in [0.25, 0.3) is 0 Å². The fourth-order valence-electron chi connectivity index (χ4n) is 4.38. The highest BCUT2D eigenvalue weighted by Gasteiger charge is 2.39. The molecule has 1 aliphatic carbocycles. The van der Waals surface area contributed by atoms with Crippen molar-refractivity contribution < 1.29 is 4.79 Å². The molecule has 1 aromatic carbocycles. The number of hydrogen-bond donors (Lipinski definition) is 2. The summed E-state index contributed by atoms with van der Waals surface area (Å²) in [6.07, 6.45) is 8.23. The first-order valence-electron chi connectivity index (χ1n) is 9.98. The zero-order valence-electron chi connectivity index (χ0n) is 16.2. The van der Waals surface area contributed by atoms with E-state index < -0.39 is 0 Å². The number of nitrogens with zero attached hydrogens (tertiary/aromatic N) is 2. The first kappa shape index (κ1) is 18.7. The second-order valence-electron chi connectivity index (χ2n) is 7.69. The molecule has 0 atom stereocenters. The smallest absolute Gasteiger partial charge is 0.251 e. The Hall–Kier alpha value is -2.04. The van der Waals surface area contributed by atoms with Crippen molar-refractivity contribution in [3.8, 4) is 0 Å². The molecule has 1 saturated heterocycles. The van der Waals surface area contributed by atoms with Crippen molar-refractivity contribution in [3.05, 3.63) is 35.4 Å². The third-order valence-electron chi connectivity index (χ3n) is 5.87. The molecule has 2 fully saturated rings. The van der Waals surface area contributed by atoms with Crippen LogP contribution in [0.1, 0.15) is 61.4 Å². The van der Waals surface area contributed by atoms with E-state index in [-0.39, 0.29) is 5.91 Å². The fourth-order valence-corrected chi connectivity index (χ4v) is 4.38. The molecule has 1 aromatic rings. The maximum Gasteiger partial charge on any atom is 0.251 e. The van der Waals surface area contributed by atoms with E-state index in [1.54, 1.807) is 0 Å². The summed E-state index contributed by atoms with van der Waals surface area (Å²) < 4.78 is 0. The van der Waals surface area contributed by atoms with Crippen LogP contribution in [-0.2, 0) is 6.54 Å². The predicted molar refractivity (Wildman–Crippen MR) is 106 cm³/mol. The van der Waals surface area contributed by atoms with Crippen LogP contribution in [0.15, 0.2) is 29.3 Å². The van der Waals surface area contributed by atoms with Gasteiger partial charge in [-0.15, -0.1) is 0 Å². The van der Waals surface area contributed by atoms with Gasteiger partial charge in [-0.2, -0.15) is 0 Å². The lowest BCUT2D eigenvalue weighted by Gasteiger charge is -2.33.